The summed E-state index contributed by atoms with van der Waals surface area (Å²) in [5.41, 5.74) is 0. The standard InChI is InChI=1S/C16H21NO4/c1-19-9-13-15(12-7-8-20-16(12)13)17-14(18)10-21-11-5-3-2-4-6-11/h2-6,12-13,15-16H,7-10H2,1H3,(H,17,18)/t12-,13+,15+,16-/m1/s1. The minimum atomic E-state index is -0.0877. The average molecular weight is 291 g/mol. The maximum Gasteiger partial charge on any atom is 0.258 e. The summed E-state index contributed by atoms with van der Waals surface area (Å²) in [4.78, 5) is 12.0. The predicted molar refractivity (Wildman–Crippen MR) is 77.1 cm³/mol. The zero-order valence-electron chi connectivity index (χ0n) is 12.2. The van der Waals surface area contributed by atoms with E-state index in [0.29, 0.717) is 18.3 Å². The predicted octanol–water partition coefficient (Wildman–Crippen LogP) is 1.23. The first-order valence-electron chi connectivity index (χ1n) is 7.37. The van der Waals surface area contributed by atoms with Gasteiger partial charge in [-0.15, -0.1) is 0 Å². The summed E-state index contributed by atoms with van der Waals surface area (Å²) in [7, 11) is 1.68. The van der Waals surface area contributed by atoms with Crippen molar-refractivity contribution in [2.45, 2.75) is 18.6 Å². The van der Waals surface area contributed by atoms with Crippen LogP contribution < -0.4 is 10.1 Å². The molecule has 1 heterocycles. The zero-order chi connectivity index (χ0) is 14.7. The van der Waals surface area contributed by atoms with Gasteiger partial charge in [-0.2, -0.15) is 0 Å². The molecule has 1 aromatic carbocycles. The lowest BCUT2D eigenvalue weighted by Gasteiger charge is -2.47. The molecule has 1 aromatic rings. The van der Waals surface area contributed by atoms with Crippen LogP contribution in [0.25, 0.3) is 0 Å². The van der Waals surface area contributed by atoms with Crippen molar-refractivity contribution in [1.82, 2.24) is 5.32 Å². The second-order valence-corrected chi connectivity index (χ2v) is 5.60. The second kappa shape index (κ2) is 6.45. The summed E-state index contributed by atoms with van der Waals surface area (Å²) in [5, 5.41) is 3.07. The topological polar surface area (TPSA) is 56.8 Å². The molecule has 4 atom stereocenters. The number of methoxy groups -OCH3 is 1. The van der Waals surface area contributed by atoms with E-state index in [9.17, 15) is 4.79 Å². The molecule has 2 aliphatic rings. The molecular formula is C16H21NO4. The number of hydrogen-bond acceptors (Lipinski definition) is 4. The molecule has 2 fully saturated rings. The first kappa shape index (κ1) is 14.4. The Kier molecular flexibility index (Phi) is 4.41. The third kappa shape index (κ3) is 3.04. The van der Waals surface area contributed by atoms with Gasteiger partial charge in [0.1, 0.15) is 5.75 Å². The van der Waals surface area contributed by atoms with E-state index in [0.717, 1.165) is 13.0 Å². The molecule has 0 unspecified atom stereocenters. The third-order valence-corrected chi connectivity index (χ3v) is 4.33. The van der Waals surface area contributed by atoms with Crippen LogP contribution in [0.15, 0.2) is 30.3 Å². The zero-order valence-corrected chi connectivity index (χ0v) is 12.2. The van der Waals surface area contributed by atoms with Crippen LogP contribution in [0.3, 0.4) is 0 Å². The van der Waals surface area contributed by atoms with Crippen LogP contribution >= 0.6 is 0 Å². The van der Waals surface area contributed by atoms with Crippen LogP contribution in [0.2, 0.25) is 0 Å². The van der Waals surface area contributed by atoms with Crippen molar-refractivity contribution in [2.24, 2.45) is 11.8 Å². The highest BCUT2D eigenvalue weighted by atomic mass is 16.5. The molecule has 0 bridgehead atoms. The minimum Gasteiger partial charge on any atom is -0.484 e. The number of fused-ring (bicyclic) bond motifs is 1. The first-order chi connectivity index (χ1) is 10.3. The van der Waals surface area contributed by atoms with Crippen LogP contribution in [0.4, 0.5) is 0 Å². The third-order valence-electron chi connectivity index (χ3n) is 4.33. The number of para-hydroxylation sites is 1. The van der Waals surface area contributed by atoms with Crippen molar-refractivity contribution in [3.8, 4) is 5.75 Å². The molecule has 1 N–H and O–H groups in total. The van der Waals surface area contributed by atoms with Crippen LogP contribution in [0.5, 0.6) is 5.75 Å². The van der Waals surface area contributed by atoms with Gasteiger partial charge in [0.15, 0.2) is 6.61 Å². The number of hydrogen-bond donors (Lipinski definition) is 1. The molecule has 21 heavy (non-hydrogen) atoms. The van der Waals surface area contributed by atoms with Gasteiger partial charge >= 0.3 is 0 Å². The second-order valence-electron chi connectivity index (χ2n) is 5.60. The van der Waals surface area contributed by atoms with Gasteiger partial charge in [0.25, 0.3) is 5.91 Å². The van der Waals surface area contributed by atoms with Gasteiger partial charge in [0, 0.05) is 31.6 Å². The van der Waals surface area contributed by atoms with E-state index in [-0.39, 0.29) is 30.6 Å². The fraction of sp³-hybridized carbons (Fsp3) is 0.562. The molecule has 0 aromatic heterocycles. The summed E-state index contributed by atoms with van der Waals surface area (Å²) >= 11 is 0. The molecule has 1 saturated heterocycles. The molecule has 114 valence electrons. The van der Waals surface area contributed by atoms with Gasteiger partial charge in [0.2, 0.25) is 0 Å². The summed E-state index contributed by atoms with van der Waals surface area (Å²) in [5.74, 6) is 1.29. The lowest BCUT2D eigenvalue weighted by Crippen LogP contribution is -2.63. The summed E-state index contributed by atoms with van der Waals surface area (Å²) < 4.78 is 16.4. The van der Waals surface area contributed by atoms with Gasteiger partial charge in [-0.3, -0.25) is 4.79 Å². The van der Waals surface area contributed by atoms with Crippen LogP contribution in [-0.2, 0) is 14.3 Å². The van der Waals surface area contributed by atoms with Crippen molar-refractivity contribution in [1.29, 1.82) is 0 Å². The highest BCUT2D eigenvalue weighted by molar-refractivity contribution is 5.78. The number of ether oxygens (including phenoxy) is 3. The van der Waals surface area contributed by atoms with Crippen molar-refractivity contribution in [3.63, 3.8) is 0 Å². The molecule has 5 heteroatoms. The smallest absolute Gasteiger partial charge is 0.258 e. The maximum atomic E-state index is 12.0. The Morgan fingerprint density at radius 2 is 2.19 bits per heavy atom. The van der Waals surface area contributed by atoms with Crippen molar-refractivity contribution in [2.75, 3.05) is 26.9 Å². The Hall–Kier alpha value is -1.59. The fourth-order valence-corrected chi connectivity index (χ4v) is 3.33. The van der Waals surface area contributed by atoms with E-state index in [1.165, 1.54) is 0 Å². The largest absolute Gasteiger partial charge is 0.484 e. The summed E-state index contributed by atoms with van der Waals surface area (Å²) in [6.07, 6.45) is 1.25. The van der Waals surface area contributed by atoms with Gasteiger partial charge in [-0.1, -0.05) is 18.2 Å². The average Bonchev–Trinajstić information content (AvgIpc) is 2.94. The number of amides is 1. The van der Waals surface area contributed by atoms with Crippen molar-refractivity contribution in [3.05, 3.63) is 30.3 Å². The Labute approximate surface area is 124 Å². The minimum absolute atomic E-state index is 0.0401. The molecule has 0 radical (unpaired) electrons. The number of carbonyl (C=O) groups excluding carboxylic acids is 1. The quantitative estimate of drug-likeness (QED) is 0.856. The number of rotatable bonds is 6. The van der Waals surface area contributed by atoms with E-state index in [2.05, 4.69) is 5.32 Å². The SMILES string of the molecule is COC[C@H]1[C@@H](NC(=O)COc2ccccc2)[C@H]2CCO[C@H]21. The maximum absolute atomic E-state index is 12.0. The van der Waals surface area contributed by atoms with Crippen LogP contribution in [-0.4, -0.2) is 45.0 Å². The molecule has 1 aliphatic heterocycles. The van der Waals surface area contributed by atoms with E-state index in [1.54, 1.807) is 7.11 Å². The lowest BCUT2D eigenvalue weighted by molar-refractivity contribution is -0.131. The lowest BCUT2D eigenvalue weighted by atomic mass is 9.67. The number of benzene rings is 1. The summed E-state index contributed by atoms with van der Waals surface area (Å²) in [6.45, 7) is 1.44. The van der Waals surface area contributed by atoms with Gasteiger partial charge in [-0.25, -0.2) is 0 Å². The van der Waals surface area contributed by atoms with E-state index >= 15 is 0 Å². The van der Waals surface area contributed by atoms with Crippen LogP contribution in [0.1, 0.15) is 6.42 Å². The molecule has 5 nitrogen and oxygen atoms in total. The van der Waals surface area contributed by atoms with Crippen molar-refractivity contribution < 1.29 is 19.0 Å². The molecule has 3 rings (SSSR count). The van der Waals surface area contributed by atoms with Gasteiger partial charge in [-0.05, 0) is 18.6 Å². The number of nitrogens with one attached hydrogen (secondary N) is 1. The monoisotopic (exact) mass is 291 g/mol. The Balaban J connectivity index is 1.50. The summed E-state index contributed by atoms with van der Waals surface area (Å²) in [6, 6.07) is 9.50. The normalized spacial score (nSPS) is 30.3. The molecule has 1 saturated carbocycles. The fourth-order valence-electron chi connectivity index (χ4n) is 3.33. The molecular weight excluding hydrogens is 270 g/mol. The number of carbonyl (C=O) groups is 1. The Morgan fingerprint density at radius 1 is 1.38 bits per heavy atom. The van der Waals surface area contributed by atoms with Gasteiger partial charge in [0.05, 0.1) is 12.7 Å². The Morgan fingerprint density at radius 3 is 2.95 bits per heavy atom. The van der Waals surface area contributed by atoms with Crippen molar-refractivity contribution >= 4 is 5.91 Å². The van der Waals surface area contributed by atoms with Gasteiger partial charge < -0.3 is 19.5 Å². The first-order valence-corrected chi connectivity index (χ1v) is 7.37. The highest BCUT2D eigenvalue weighted by Gasteiger charge is 2.54. The Bertz CT molecular complexity index is 478. The van der Waals surface area contributed by atoms with E-state index < -0.39 is 0 Å². The van der Waals surface area contributed by atoms with E-state index in [4.69, 9.17) is 14.2 Å². The van der Waals surface area contributed by atoms with Crippen LogP contribution in [0, 0.1) is 11.8 Å². The molecule has 1 aliphatic carbocycles. The molecule has 1 amide bonds. The highest BCUT2D eigenvalue weighted by Crippen LogP contribution is 2.43. The molecule has 0 spiro atoms. The van der Waals surface area contributed by atoms with E-state index in [1.807, 2.05) is 30.3 Å².